The monoisotopic (exact) mass is 416 g/mol. The minimum Gasteiger partial charge on any atom is -0.504 e. The third-order valence-electron chi connectivity index (χ3n) is 6.65. The Morgan fingerprint density at radius 2 is 1.17 bits per heavy atom. The fraction of sp³-hybridized carbons (Fsp3) is 0.455. The maximum absolute atomic E-state index is 14.7. The van der Waals surface area contributed by atoms with E-state index in [2.05, 4.69) is 0 Å². The van der Waals surface area contributed by atoms with Crippen molar-refractivity contribution in [2.75, 3.05) is 0 Å². The fourth-order valence-corrected chi connectivity index (χ4v) is 4.01. The first-order valence-electron chi connectivity index (χ1n) is 9.23. The van der Waals surface area contributed by atoms with Gasteiger partial charge in [0.15, 0.2) is 34.8 Å². The first kappa shape index (κ1) is 23.0. The predicted molar refractivity (Wildman–Crippen MR) is 100 cm³/mol. The lowest BCUT2D eigenvalue weighted by Gasteiger charge is -2.48. The highest BCUT2D eigenvalue weighted by Gasteiger charge is 2.49. The second-order valence-electron chi connectivity index (χ2n) is 8.53. The number of hydrogen-bond acceptors (Lipinski definition) is 2. The van der Waals surface area contributed by atoms with E-state index in [4.69, 9.17) is 0 Å². The lowest BCUT2D eigenvalue weighted by atomic mass is 9.56. The molecular weight excluding hydrogens is 391 g/mol. The van der Waals surface area contributed by atoms with Gasteiger partial charge < -0.3 is 10.2 Å². The van der Waals surface area contributed by atoms with Gasteiger partial charge in [0.05, 0.1) is 0 Å². The van der Waals surface area contributed by atoms with Crippen molar-refractivity contribution in [3.8, 4) is 11.5 Å². The van der Waals surface area contributed by atoms with Crippen molar-refractivity contribution in [2.24, 2.45) is 11.8 Å². The van der Waals surface area contributed by atoms with Crippen LogP contribution >= 0.6 is 0 Å². The average molecular weight is 416 g/mol. The number of halogens is 5. The molecule has 0 saturated carbocycles. The Hall–Kier alpha value is -2.31. The van der Waals surface area contributed by atoms with Gasteiger partial charge in [0.1, 0.15) is 0 Å². The van der Waals surface area contributed by atoms with Gasteiger partial charge in [-0.25, -0.2) is 22.0 Å². The molecule has 2 atom stereocenters. The van der Waals surface area contributed by atoms with Gasteiger partial charge in [-0.05, 0) is 34.9 Å². The van der Waals surface area contributed by atoms with Crippen LogP contribution in [0, 0.1) is 40.9 Å². The van der Waals surface area contributed by atoms with Gasteiger partial charge in [0, 0.05) is 11.0 Å². The van der Waals surface area contributed by atoms with Crippen molar-refractivity contribution >= 4 is 0 Å². The van der Waals surface area contributed by atoms with Gasteiger partial charge in [-0.15, -0.1) is 0 Å². The third-order valence-corrected chi connectivity index (χ3v) is 6.65. The standard InChI is InChI=1S/C22H25F5O2/c1-10(2)22(6,15-16(23)18(25)20(27)19(26)17(15)24)11(3)21(4,5)12-7-8-13(28)14(29)9-12/h7-11,28-29H,1-6H3. The molecule has 0 fully saturated rings. The van der Waals surface area contributed by atoms with E-state index in [1.165, 1.54) is 19.1 Å². The minimum atomic E-state index is -2.19. The molecule has 2 nitrogen and oxygen atoms in total. The summed E-state index contributed by atoms with van der Waals surface area (Å²) in [6.45, 7) is 9.94. The van der Waals surface area contributed by atoms with E-state index in [0.717, 1.165) is 0 Å². The Morgan fingerprint density at radius 1 is 0.724 bits per heavy atom. The van der Waals surface area contributed by atoms with Crippen LogP contribution < -0.4 is 0 Å². The number of hydrogen-bond donors (Lipinski definition) is 2. The van der Waals surface area contributed by atoms with Crippen molar-refractivity contribution in [3.05, 3.63) is 58.4 Å². The largest absolute Gasteiger partial charge is 0.504 e. The van der Waals surface area contributed by atoms with Crippen LogP contribution in [0.5, 0.6) is 11.5 Å². The maximum atomic E-state index is 14.7. The Morgan fingerprint density at radius 3 is 1.59 bits per heavy atom. The summed E-state index contributed by atoms with van der Waals surface area (Å²) in [7, 11) is 0. The van der Waals surface area contributed by atoms with E-state index in [-0.39, 0.29) is 11.5 Å². The summed E-state index contributed by atoms with van der Waals surface area (Å²) in [5.41, 5.74) is -2.64. The number of phenols is 2. The molecule has 2 rings (SSSR count). The van der Waals surface area contributed by atoms with Crippen molar-refractivity contribution in [1.82, 2.24) is 0 Å². The van der Waals surface area contributed by atoms with E-state index < -0.39 is 57.3 Å². The van der Waals surface area contributed by atoms with Gasteiger partial charge in [-0.2, -0.15) is 0 Å². The van der Waals surface area contributed by atoms with Gasteiger partial charge in [0.25, 0.3) is 0 Å². The minimum absolute atomic E-state index is 0.330. The molecule has 29 heavy (non-hydrogen) atoms. The first-order valence-corrected chi connectivity index (χ1v) is 9.23. The molecule has 2 N–H and O–H groups in total. The van der Waals surface area contributed by atoms with Crippen molar-refractivity contribution in [1.29, 1.82) is 0 Å². The summed E-state index contributed by atoms with van der Waals surface area (Å²) in [6, 6.07) is 4.15. The van der Waals surface area contributed by atoms with Gasteiger partial charge in [-0.1, -0.05) is 47.6 Å². The lowest BCUT2D eigenvalue weighted by Crippen LogP contribution is -2.47. The molecule has 0 bridgehead atoms. The van der Waals surface area contributed by atoms with Crippen molar-refractivity contribution in [2.45, 2.75) is 52.4 Å². The molecule has 0 saturated heterocycles. The second-order valence-corrected chi connectivity index (χ2v) is 8.53. The Labute approximate surface area is 167 Å². The number of rotatable bonds is 5. The summed E-state index contributed by atoms with van der Waals surface area (Å²) in [4.78, 5) is 0. The summed E-state index contributed by atoms with van der Waals surface area (Å²) in [6.07, 6.45) is 0. The predicted octanol–water partition coefficient (Wildman–Crippen LogP) is 6.32. The Kier molecular flexibility index (Phi) is 5.94. The molecule has 0 heterocycles. The summed E-state index contributed by atoms with van der Waals surface area (Å²) in [5, 5.41) is 19.4. The molecule has 0 aliphatic heterocycles. The van der Waals surface area contributed by atoms with Gasteiger partial charge in [0.2, 0.25) is 5.82 Å². The summed E-state index contributed by atoms with van der Waals surface area (Å²) < 4.78 is 71.0. The highest BCUT2D eigenvalue weighted by molar-refractivity contribution is 5.44. The molecule has 2 aromatic carbocycles. The smallest absolute Gasteiger partial charge is 0.200 e. The van der Waals surface area contributed by atoms with Crippen LogP contribution in [-0.2, 0) is 10.8 Å². The van der Waals surface area contributed by atoms with E-state index in [0.29, 0.717) is 5.56 Å². The van der Waals surface area contributed by atoms with E-state index in [9.17, 15) is 32.2 Å². The van der Waals surface area contributed by atoms with Crippen LogP contribution in [-0.4, -0.2) is 10.2 Å². The quantitative estimate of drug-likeness (QED) is 0.259. The SMILES string of the molecule is CC(C)C(C)(c1c(F)c(F)c(F)c(F)c1F)C(C)C(C)(C)c1ccc(O)c(O)c1. The van der Waals surface area contributed by atoms with E-state index in [1.807, 2.05) is 0 Å². The van der Waals surface area contributed by atoms with Crippen LogP contribution in [0.3, 0.4) is 0 Å². The van der Waals surface area contributed by atoms with Gasteiger partial charge in [-0.3, -0.25) is 0 Å². The topological polar surface area (TPSA) is 40.5 Å². The fourth-order valence-electron chi connectivity index (χ4n) is 4.01. The summed E-state index contributed by atoms with van der Waals surface area (Å²) in [5.74, 6) is -11.7. The Bertz CT molecular complexity index is 910. The van der Waals surface area contributed by atoms with Crippen molar-refractivity contribution in [3.63, 3.8) is 0 Å². The lowest BCUT2D eigenvalue weighted by molar-refractivity contribution is 0.139. The molecule has 2 aromatic rings. The molecule has 0 aromatic heterocycles. The van der Waals surface area contributed by atoms with Crippen LogP contribution in [0.2, 0.25) is 0 Å². The number of aromatic hydroxyl groups is 2. The molecule has 0 aliphatic carbocycles. The van der Waals surface area contributed by atoms with Gasteiger partial charge >= 0.3 is 0 Å². The first-order chi connectivity index (χ1) is 13.2. The molecular formula is C22H25F5O2. The second kappa shape index (κ2) is 7.50. The van der Waals surface area contributed by atoms with Crippen LogP contribution in [0.4, 0.5) is 22.0 Å². The van der Waals surface area contributed by atoms with E-state index >= 15 is 0 Å². The molecule has 160 valence electrons. The number of phenolic OH excluding ortho intramolecular Hbond substituents is 2. The van der Waals surface area contributed by atoms with Crippen LogP contribution in [0.25, 0.3) is 0 Å². The molecule has 7 heteroatoms. The zero-order valence-electron chi connectivity index (χ0n) is 17.2. The zero-order chi connectivity index (χ0) is 22.5. The molecule has 0 spiro atoms. The Balaban J connectivity index is 2.77. The molecule has 0 aliphatic rings. The van der Waals surface area contributed by atoms with Crippen molar-refractivity contribution < 1.29 is 32.2 Å². The highest BCUT2D eigenvalue weighted by atomic mass is 19.2. The highest BCUT2D eigenvalue weighted by Crippen LogP contribution is 2.51. The van der Waals surface area contributed by atoms with E-state index in [1.54, 1.807) is 40.7 Å². The van der Waals surface area contributed by atoms with Crippen LogP contribution in [0.15, 0.2) is 18.2 Å². The summed E-state index contributed by atoms with van der Waals surface area (Å²) >= 11 is 0. The van der Waals surface area contributed by atoms with Crippen LogP contribution in [0.1, 0.15) is 52.7 Å². The maximum Gasteiger partial charge on any atom is 0.200 e. The average Bonchev–Trinajstić information content (AvgIpc) is 2.65. The normalized spacial score (nSPS) is 15.4. The molecule has 0 amide bonds. The zero-order valence-corrected chi connectivity index (χ0v) is 17.2. The number of benzene rings is 2. The molecule has 2 unspecified atom stereocenters. The molecule has 0 radical (unpaired) electrons. The third kappa shape index (κ3) is 3.45.